The van der Waals surface area contributed by atoms with Crippen LogP contribution in [0.4, 0.5) is 10.5 Å². The van der Waals surface area contributed by atoms with Crippen molar-refractivity contribution >= 4 is 28.5 Å². The van der Waals surface area contributed by atoms with E-state index in [1.54, 1.807) is 17.7 Å². The Hall–Kier alpha value is -3.12. The molecule has 0 bridgehead atoms. The van der Waals surface area contributed by atoms with Crippen molar-refractivity contribution in [2.45, 2.75) is 43.7 Å². The smallest absolute Gasteiger partial charge is 0.322 e. The summed E-state index contributed by atoms with van der Waals surface area (Å²) in [4.78, 5) is 29.3. The highest BCUT2D eigenvalue weighted by Gasteiger charge is 2.50. The Bertz CT molecular complexity index is 1170. The number of urea groups is 1. The number of hydrogen-bond acceptors (Lipinski definition) is 3. The molecule has 166 valence electrons. The molecule has 2 amide bonds. The van der Waals surface area contributed by atoms with Crippen LogP contribution in [0.2, 0.25) is 0 Å². The molecule has 0 unspecified atom stereocenters. The third kappa shape index (κ3) is 3.13. The van der Waals surface area contributed by atoms with Crippen LogP contribution in [-0.2, 0) is 5.54 Å². The van der Waals surface area contributed by atoms with Gasteiger partial charge in [0.1, 0.15) is 0 Å². The third-order valence-electron chi connectivity index (χ3n) is 7.62. The fraction of sp³-hybridized carbons (Fsp3) is 0.385. The summed E-state index contributed by atoms with van der Waals surface area (Å²) in [5.74, 6) is -0.0345. The molecule has 3 aromatic rings. The molecule has 5 rings (SSSR count). The van der Waals surface area contributed by atoms with Crippen LogP contribution in [0.3, 0.4) is 0 Å². The minimum Gasteiger partial charge on any atom is -0.330 e. The van der Waals surface area contributed by atoms with Crippen molar-refractivity contribution in [1.29, 1.82) is 0 Å². The van der Waals surface area contributed by atoms with Crippen LogP contribution >= 0.6 is 0 Å². The Labute approximate surface area is 188 Å². The summed E-state index contributed by atoms with van der Waals surface area (Å²) in [6.07, 6.45) is 5.61. The van der Waals surface area contributed by atoms with Gasteiger partial charge < -0.3 is 5.32 Å². The summed E-state index contributed by atoms with van der Waals surface area (Å²) in [7, 11) is 4.32. The van der Waals surface area contributed by atoms with Gasteiger partial charge in [-0.2, -0.15) is 0 Å². The van der Waals surface area contributed by atoms with Gasteiger partial charge in [-0.15, -0.1) is 0 Å². The SMILES string of the molecule is CC(=O)n1ccc2c(N3CC4(CCC(c5ccccc5)(N(C)C)CC4)NC3=O)cccc21. The van der Waals surface area contributed by atoms with E-state index in [9.17, 15) is 9.59 Å². The van der Waals surface area contributed by atoms with Gasteiger partial charge >= 0.3 is 6.03 Å². The van der Waals surface area contributed by atoms with E-state index in [1.807, 2.05) is 29.2 Å². The normalized spacial score (nSPS) is 25.6. The molecule has 0 radical (unpaired) electrons. The van der Waals surface area contributed by atoms with Gasteiger partial charge in [-0.1, -0.05) is 36.4 Å². The minimum atomic E-state index is -0.226. The van der Waals surface area contributed by atoms with E-state index in [4.69, 9.17) is 0 Å². The molecule has 1 N–H and O–H groups in total. The predicted octanol–water partition coefficient (Wildman–Crippen LogP) is 4.60. The van der Waals surface area contributed by atoms with Crippen LogP contribution in [0.5, 0.6) is 0 Å². The van der Waals surface area contributed by atoms with Gasteiger partial charge in [0.15, 0.2) is 0 Å². The lowest BCUT2D eigenvalue weighted by Crippen LogP contribution is -2.54. The number of rotatable bonds is 3. The second-order valence-corrected chi connectivity index (χ2v) is 9.50. The average molecular weight is 431 g/mol. The zero-order chi connectivity index (χ0) is 22.5. The maximum atomic E-state index is 13.1. The second kappa shape index (κ2) is 7.48. The second-order valence-electron chi connectivity index (χ2n) is 9.50. The first-order chi connectivity index (χ1) is 15.4. The summed E-state index contributed by atoms with van der Waals surface area (Å²) in [5, 5.41) is 4.26. The first-order valence-electron chi connectivity index (χ1n) is 11.3. The number of amides is 2. The Morgan fingerprint density at radius 3 is 2.34 bits per heavy atom. The van der Waals surface area contributed by atoms with E-state index in [-0.39, 0.29) is 23.0 Å². The van der Waals surface area contributed by atoms with Gasteiger partial charge in [-0.3, -0.25) is 19.2 Å². The number of benzene rings is 2. The van der Waals surface area contributed by atoms with Gasteiger partial charge in [-0.25, -0.2) is 4.79 Å². The van der Waals surface area contributed by atoms with E-state index < -0.39 is 0 Å². The number of carbonyl (C=O) groups excluding carboxylic acids is 2. The lowest BCUT2D eigenvalue weighted by molar-refractivity contribution is 0.0658. The maximum Gasteiger partial charge on any atom is 0.322 e. The largest absolute Gasteiger partial charge is 0.330 e. The number of aromatic nitrogens is 1. The zero-order valence-electron chi connectivity index (χ0n) is 19.0. The molecular weight excluding hydrogens is 400 g/mol. The number of fused-ring (bicyclic) bond motifs is 1. The summed E-state index contributed by atoms with van der Waals surface area (Å²) < 4.78 is 1.63. The van der Waals surface area contributed by atoms with Gasteiger partial charge in [0.25, 0.3) is 0 Å². The van der Waals surface area contributed by atoms with Crippen molar-refractivity contribution in [3.8, 4) is 0 Å². The number of carbonyl (C=O) groups is 2. The van der Waals surface area contributed by atoms with Crippen molar-refractivity contribution in [3.63, 3.8) is 0 Å². The summed E-state index contributed by atoms with van der Waals surface area (Å²) in [5.41, 5.74) is 2.81. The molecule has 1 spiro atoms. The number of nitrogens with zero attached hydrogens (tertiary/aromatic N) is 3. The molecule has 32 heavy (non-hydrogen) atoms. The fourth-order valence-electron chi connectivity index (χ4n) is 5.73. The Balaban J connectivity index is 1.43. The van der Waals surface area contributed by atoms with E-state index in [0.29, 0.717) is 6.54 Å². The molecule has 2 aromatic carbocycles. The fourth-order valence-corrected chi connectivity index (χ4v) is 5.73. The lowest BCUT2D eigenvalue weighted by atomic mass is 9.69. The van der Waals surface area contributed by atoms with Gasteiger partial charge in [0.2, 0.25) is 5.91 Å². The van der Waals surface area contributed by atoms with Crippen LogP contribution in [0, 0.1) is 0 Å². The van der Waals surface area contributed by atoms with Gasteiger partial charge in [0, 0.05) is 24.0 Å². The minimum absolute atomic E-state index is 0.0105. The summed E-state index contributed by atoms with van der Waals surface area (Å²) in [6, 6.07) is 18.4. The Kier molecular flexibility index (Phi) is 4.86. The topological polar surface area (TPSA) is 57.6 Å². The van der Waals surface area contributed by atoms with Crippen molar-refractivity contribution < 1.29 is 9.59 Å². The van der Waals surface area contributed by atoms with E-state index in [2.05, 4.69) is 54.6 Å². The monoisotopic (exact) mass is 430 g/mol. The number of nitrogens with one attached hydrogen (secondary N) is 1. The number of anilines is 1. The molecule has 2 heterocycles. The molecule has 2 fully saturated rings. The zero-order valence-corrected chi connectivity index (χ0v) is 19.0. The van der Waals surface area contributed by atoms with E-state index in [0.717, 1.165) is 42.3 Å². The first kappa shape index (κ1) is 20.8. The molecule has 6 nitrogen and oxygen atoms in total. The quantitative estimate of drug-likeness (QED) is 0.661. The van der Waals surface area contributed by atoms with Crippen LogP contribution < -0.4 is 10.2 Å². The molecule has 1 aliphatic carbocycles. The van der Waals surface area contributed by atoms with Crippen molar-refractivity contribution in [2.24, 2.45) is 0 Å². The van der Waals surface area contributed by atoms with Gasteiger partial charge in [-0.05, 0) is 63.5 Å². The van der Waals surface area contributed by atoms with Crippen LogP contribution in [0.1, 0.15) is 43.0 Å². The molecule has 1 saturated heterocycles. The summed E-state index contributed by atoms with van der Waals surface area (Å²) >= 11 is 0. The first-order valence-corrected chi connectivity index (χ1v) is 11.3. The van der Waals surface area contributed by atoms with Crippen LogP contribution in [-0.4, -0.2) is 47.6 Å². The van der Waals surface area contributed by atoms with E-state index in [1.165, 1.54) is 5.56 Å². The standard InChI is InChI=1S/C26H30N4O2/c1-19(31)29-17-12-21-22(29)10-7-11-23(21)30-18-25(27-24(30)32)13-15-26(16-14-25,28(2)3)20-8-5-4-6-9-20/h4-12,17H,13-16,18H2,1-3H3,(H,27,32). The Morgan fingerprint density at radius 2 is 1.69 bits per heavy atom. The van der Waals surface area contributed by atoms with Crippen LogP contribution in [0.15, 0.2) is 60.8 Å². The van der Waals surface area contributed by atoms with Crippen molar-refractivity contribution in [1.82, 2.24) is 14.8 Å². The lowest BCUT2D eigenvalue weighted by Gasteiger charge is -2.48. The summed E-state index contributed by atoms with van der Waals surface area (Å²) in [6.45, 7) is 2.20. The molecular formula is C26H30N4O2. The van der Waals surface area contributed by atoms with Crippen LogP contribution in [0.25, 0.3) is 10.9 Å². The van der Waals surface area contributed by atoms with E-state index >= 15 is 0 Å². The highest BCUT2D eigenvalue weighted by atomic mass is 16.2. The molecule has 1 saturated carbocycles. The Morgan fingerprint density at radius 1 is 0.969 bits per heavy atom. The number of hydrogen-bond donors (Lipinski definition) is 1. The average Bonchev–Trinajstić information content (AvgIpc) is 3.36. The molecule has 1 aliphatic heterocycles. The molecule has 6 heteroatoms. The molecule has 2 aliphatic rings. The predicted molar refractivity (Wildman–Crippen MR) is 127 cm³/mol. The molecule has 0 atom stereocenters. The van der Waals surface area contributed by atoms with Crippen molar-refractivity contribution in [2.75, 3.05) is 25.5 Å². The highest BCUT2D eigenvalue weighted by Crippen LogP contribution is 2.46. The highest BCUT2D eigenvalue weighted by molar-refractivity contribution is 6.06. The third-order valence-corrected chi connectivity index (χ3v) is 7.62. The maximum absolute atomic E-state index is 13.1. The van der Waals surface area contributed by atoms with Crippen molar-refractivity contribution in [3.05, 3.63) is 66.4 Å². The molecule has 1 aromatic heterocycles. The van der Waals surface area contributed by atoms with Gasteiger partial charge in [0.05, 0.1) is 23.3 Å².